The molecule has 0 radical (unpaired) electrons. The molecule has 1 aliphatic heterocycles. The number of carbonyl (C=O) groups excluding carboxylic acids is 1. The highest BCUT2D eigenvalue weighted by Crippen LogP contribution is 2.48. The molecule has 2 amide bonds. The van der Waals surface area contributed by atoms with E-state index in [1.54, 1.807) is 4.90 Å². The Balaban J connectivity index is 1.22. The van der Waals surface area contributed by atoms with E-state index in [1.807, 2.05) is 0 Å². The van der Waals surface area contributed by atoms with Crippen molar-refractivity contribution >= 4 is 11.7 Å². The molecule has 3 atom stereocenters. The Bertz CT molecular complexity index is 687. The molecule has 3 fully saturated rings. The number of piperazine rings is 1. The van der Waals surface area contributed by atoms with Gasteiger partial charge in [0.25, 0.3) is 0 Å². The summed E-state index contributed by atoms with van der Waals surface area (Å²) < 4.78 is 40.4. The number of alkyl halides is 3. The summed E-state index contributed by atoms with van der Waals surface area (Å²) in [6.07, 6.45) is 0.880. The largest absolute Gasteiger partial charge is 0.573 e. The van der Waals surface area contributed by atoms with E-state index in [9.17, 15) is 18.0 Å². The molecule has 5 nitrogen and oxygen atoms in total. The lowest BCUT2D eigenvalue weighted by molar-refractivity contribution is -0.274. The van der Waals surface area contributed by atoms with Crippen LogP contribution in [0.2, 0.25) is 0 Å². The lowest BCUT2D eigenvalue weighted by atomic mass is 9.88. The Morgan fingerprint density at radius 3 is 2.36 bits per heavy atom. The van der Waals surface area contributed by atoms with E-state index in [1.165, 1.54) is 49.9 Å². The molecule has 1 aromatic carbocycles. The second-order valence-corrected chi connectivity index (χ2v) is 8.22. The molecule has 154 valence electrons. The number of benzene rings is 1. The number of fused-ring (bicyclic) bond motifs is 2. The number of amides is 2. The highest BCUT2D eigenvalue weighted by atomic mass is 19.4. The minimum absolute atomic E-state index is 0.218. The third-order valence-corrected chi connectivity index (χ3v) is 6.38. The van der Waals surface area contributed by atoms with Crippen molar-refractivity contribution in [3.05, 3.63) is 24.3 Å². The van der Waals surface area contributed by atoms with Gasteiger partial charge in [0.1, 0.15) is 5.75 Å². The molecule has 28 heavy (non-hydrogen) atoms. The van der Waals surface area contributed by atoms with E-state index in [0.717, 1.165) is 37.4 Å². The van der Waals surface area contributed by atoms with E-state index in [2.05, 4.69) is 15.0 Å². The fraction of sp³-hybridized carbons (Fsp3) is 0.650. The predicted molar refractivity (Wildman–Crippen MR) is 99.1 cm³/mol. The maximum Gasteiger partial charge on any atom is 0.573 e. The molecule has 1 N–H and O–H groups in total. The minimum Gasteiger partial charge on any atom is -0.406 e. The summed E-state index contributed by atoms with van der Waals surface area (Å²) in [6, 6.07) is 4.98. The van der Waals surface area contributed by atoms with Gasteiger partial charge < -0.3 is 15.0 Å². The SMILES string of the molecule is O=C(Nc1ccc(OC(F)(F)F)cc1)N1CCN(CC2CC3CCC2C3)CC1. The van der Waals surface area contributed by atoms with Gasteiger partial charge in [-0.05, 0) is 61.3 Å². The number of carbonyl (C=O) groups is 1. The van der Waals surface area contributed by atoms with Gasteiger partial charge in [0.15, 0.2) is 0 Å². The maximum absolute atomic E-state index is 12.4. The van der Waals surface area contributed by atoms with Crippen molar-refractivity contribution in [1.82, 2.24) is 9.80 Å². The van der Waals surface area contributed by atoms with Crippen molar-refractivity contribution in [2.75, 3.05) is 38.0 Å². The quantitative estimate of drug-likeness (QED) is 0.829. The highest BCUT2D eigenvalue weighted by Gasteiger charge is 2.40. The van der Waals surface area contributed by atoms with Crippen LogP contribution in [0.5, 0.6) is 5.75 Å². The van der Waals surface area contributed by atoms with Gasteiger partial charge in [-0.15, -0.1) is 13.2 Å². The molecule has 1 aromatic rings. The second kappa shape index (κ2) is 7.81. The van der Waals surface area contributed by atoms with Crippen LogP contribution >= 0.6 is 0 Å². The molecule has 8 heteroatoms. The van der Waals surface area contributed by atoms with Gasteiger partial charge in [-0.3, -0.25) is 4.90 Å². The number of nitrogens with one attached hydrogen (secondary N) is 1. The van der Waals surface area contributed by atoms with Crippen molar-refractivity contribution in [1.29, 1.82) is 0 Å². The summed E-state index contributed by atoms with van der Waals surface area (Å²) in [4.78, 5) is 16.7. The molecule has 2 saturated carbocycles. The van der Waals surface area contributed by atoms with E-state index >= 15 is 0 Å². The van der Waals surface area contributed by atoms with Gasteiger partial charge in [0.2, 0.25) is 0 Å². The molecule has 4 rings (SSSR count). The first kappa shape index (κ1) is 19.4. The monoisotopic (exact) mass is 397 g/mol. The maximum atomic E-state index is 12.4. The molecule has 3 unspecified atom stereocenters. The number of rotatable bonds is 4. The number of anilines is 1. The summed E-state index contributed by atoms with van der Waals surface area (Å²) in [5.74, 6) is 2.39. The van der Waals surface area contributed by atoms with Crippen LogP contribution in [0, 0.1) is 17.8 Å². The van der Waals surface area contributed by atoms with E-state index in [0.29, 0.717) is 18.8 Å². The Morgan fingerprint density at radius 1 is 1.07 bits per heavy atom. The fourth-order valence-electron chi connectivity index (χ4n) is 5.01. The molecular weight excluding hydrogens is 371 g/mol. The zero-order chi connectivity index (χ0) is 19.7. The lowest BCUT2D eigenvalue weighted by Gasteiger charge is -2.37. The van der Waals surface area contributed by atoms with Crippen LogP contribution in [0.15, 0.2) is 24.3 Å². The Hall–Kier alpha value is -1.96. The summed E-state index contributed by atoms with van der Waals surface area (Å²) in [6.45, 7) is 4.24. The topological polar surface area (TPSA) is 44.8 Å². The molecule has 1 saturated heterocycles. The van der Waals surface area contributed by atoms with E-state index < -0.39 is 6.36 Å². The average molecular weight is 397 g/mol. The molecule has 2 aliphatic carbocycles. The van der Waals surface area contributed by atoms with Crippen molar-refractivity contribution in [2.45, 2.75) is 32.0 Å². The van der Waals surface area contributed by atoms with Gasteiger partial charge in [0, 0.05) is 38.4 Å². The summed E-state index contributed by atoms with van der Waals surface area (Å²) in [5, 5.41) is 2.74. The molecular formula is C20H26F3N3O2. The highest BCUT2D eigenvalue weighted by molar-refractivity contribution is 5.89. The Kier molecular flexibility index (Phi) is 5.40. The van der Waals surface area contributed by atoms with Gasteiger partial charge in [-0.1, -0.05) is 6.42 Å². The zero-order valence-corrected chi connectivity index (χ0v) is 15.8. The van der Waals surface area contributed by atoms with Crippen LogP contribution in [0.4, 0.5) is 23.7 Å². The summed E-state index contributed by atoms with van der Waals surface area (Å²) >= 11 is 0. The lowest BCUT2D eigenvalue weighted by Crippen LogP contribution is -2.51. The Morgan fingerprint density at radius 2 is 1.79 bits per heavy atom. The number of ether oxygens (including phenoxy) is 1. The zero-order valence-electron chi connectivity index (χ0n) is 15.8. The van der Waals surface area contributed by atoms with E-state index in [-0.39, 0.29) is 11.8 Å². The van der Waals surface area contributed by atoms with Crippen molar-refractivity contribution in [3.63, 3.8) is 0 Å². The van der Waals surface area contributed by atoms with Crippen LogP contribution < -0.4 is 10.1 Å². The minimum atomic E-state index is -4.72. The van der Waals surface area contributed by atoms with Crippen molar-refractivity contribution < 1.29 is 22.7 Å². The number of hydrogen-bond donors (Lipinski definition) is 1. The van der Waals surface area contributed by atoms with Crippen LogP contribution in [0.25, 0.3) is 0 Å². The second-order valence-electron chi connectivity index (χ2n) is 8.22. The van der Waals surface area contributed by atoms with Gasteiger partial charge in [-0.25, -0.2) is 4.79 Å². The third kappa shape index (κ3) is 4.71. The molecule has 1 heterocycles. The number of halogens is 3. The first-order chi connectivity index (χ1) is 13.4. The predicted octanol–water partition coefficient (Wildman–Crippen LogP) is 4.17. The van der Waals surface area contributed by atoms with Gasteiger partial charge in [0.05, 0.1) is 0 Å². The average Bonchev–Trinajstić information content (AvgIpc) is 3.26. The van der Waals surface area contributed by atoms with Crippen molar-refractivity contribution in [2.24, 2.45) is 17.8 Å². The van der Waals surface area contributed by atoms with Crippen molar-refractivity contribution in [3.8, 4) is 5.75 Å². The molecule has 0 spiro atoms. The van der Waals surface area contributed by atoms with Crippen LogP contribution in [-0.4, -0.2) is 54.9 Å². The standard InChI is InChI=1S/C20H26F3N3O2/c21-20(22,23)28-18-5-3-17(4-6-18)24-19(27)26-9-7-25(8-10-26)13-16-12-14-1-2-15(16)11-14/h3-6,14-16H,1-2,7-13H2,(H,24,27). The summed E-state index contributed by atoms with van der Waals surface area (Å²) in [7, 11) is 0. The van der Waals surface area contributed by atoms with Crippen LogP contribution in [-0.2, 0) is 0 Å². The number of nitrogens with zero attached hydrogens (tertiary/aromatic N) is 2. The smallest absolute Gasteiger partial charge is 0.406 e. The van der Waals surface area contributed by atoms with Gasteiger partial charge >= 0.3 is 12.4 Å². The molecule has 0 aromatic heterocycles. The normalized spacial score (nSPS) is 27.8. The first-order valence-electron chi connectivity index (χ1n) is 10.00. The fourth-order valence-corrected chi connectivity index (χ4v) is 5.01. The Labute approximate surface area is 162 Å². The van der Waals surface area contributed by atoms with E-state index in [4.69, 9.17) is 0 Å². The molecule has 3 aliphatic rings. The molecule has 2 bridgehead atoms. The number of hydrogen-bond acceptors (Lipinski definition) is 3. The third-order valence-electron chi connectivity index (χ3n) is 6.38. The first-order valence-corrected chi connectivity index (χ1v) is 10.00. The summed E-state index contributed by atoms with van der Waals surface area (Å²) in [5.41, 5.74) is 0.448. The van der Waals surface area contributed by atoms with Gasteiger partial charge in [-0.2, -0.15) is 0 Å². The number of urea groups is 1. The van der Waals surface area contributed by atoms with Crippen LogP contribution in [0.1, 0.15) is 25.7 Å². The van der Waals surface area contributed by atoms with Crippen LogP contribution in [0.3, 0.4) is 0 Å².